The van der Waals surface area contributed by atoms with Crippen LogP contribution in [0, 0.1) is 0 Å². The van der Waals surface area contributed by atoms with Gasteiger partial charge in [0, 0.05) is 24.7 Å². The van der Waals surface area contributed by atoms with Gasteiger partial charge in [-0.2, -0.15) is 13.2 Å². The number of nitrogens with zero attached hydrogens (tertiary/aromatic N) is 1. The summed E-state index contributed by atoms with van der Waals surface area (Å²) in [5, 5.41) is 2.94. The SMILES string of the molecule is CC(C)N1CC(C)(C)NCC1C(F)(F)F. The Morgan fingerprint density at radius 1 is 1.33 bits per heavy atom. The Kier molecular flexibility index (Phi) is 3.36. The summed E-state index contributed by atoms with van der Waals surface area (Å²) < 4.78 is 38.2. The van der Waals surface area contributed by atoms with Gasteiger partial charge in [0.2, 0.25) is 0 Å². The van der Waals surface area contributed by atoms with Gasteiger partial charge in [-0.3, -0.25) is 4.90 Å². The van der Waals surface area contributed by atoms with Crippen LogP contribution in [0.2, 0.25) is 0 Å². The van der Waals surface area contributed by atoms with Crippen molar-refractivity contribution < 1.29 is 13.2 Å². The molecular weight excluding hydrogens is 205 g/mol. The topological polar surface area (TPSA) is 15.3 Å². The van der Waals surface area contributed by atoms with Crippen LogP contribution in [0.3, 0.4) is 0 Å². The molecule has 90 valence electrons. The van der Waals surface area contributed by atoms with Crippen molar-refractivity contribution in [1.82, 2.24) is 10.2 Å². The minimum atomic E-state index is -4.15. The molecule has 0 amide bonds. The average molecular weight is 224 g/mol. The van der Waals surface area contributed by atoms with Crippen molar-refractivity contribution >= 4 is 0 Å². The maximum atomic E-state index is 12.7. The molecule has 0 radical (unpaired) electrons. The van der Waals surface area contributed by atoms with Crippen molar-refractivity contribution in [3.8, 4) is 0 Å². The molecule has 1 atom stereocenters. The van der Waals surface area contributed by atoms with Crippen LogP contribution < -0.4 is 5.32 Å². The lowest BCUT2D eigenvalue weighted by Gasteiger charge is -2.46. The molecular formula is C10H19F3N2. The Hall–Kier alpha value is -0.290. The minimum Gasteiger partial charge on any atom is -0.309 e. The molecule has 1 saturated heterocycles. The molecule has 1 N–H and O–H groups in total. The number of piperazine rings is 1. The van der Waals surface area contributed by atoms with Crippen molar-refractivity contribution in [2.75, 3.05) is 13.1 Å². The lowest BCUT2D eigenvalue weighted by Crippen LogP contribution is -2.66. The van der Waals surface area contributed by atoms with E-state index in [9.17, 15) is 13.2 Å². The van der Waals surface area contributed by atoms with Crippen LogP contribution in [0.25, 0.3) is 0 Å². The predicted molar refractivity (Wildman–Crippen MR) is 53.8 cm³/mol. The number of alkyl halides is 3. The summed E-state index contributed by atoms with van der Waals surface area (Å²) in [4.78, 5) is 1.52. The minimum absolute atomic E-state index is 0.0192. The van der Waals surface area contributed by atoms with Gasteiger partial charge in [0.15, 0.2) is 0 Å². The standard InChI is InChI=1S/C10H19F3N2/c1-7(2)15-6-9(3,4)14-5-8(15)10(11,12)13/h7-8,14H,5-6H2,1-4H3. The molecule has 0 saturated carbocycles. The molecule has 2 nitrogen and oxygen atoms in total. The van der Waals surface area contributed by atoms with Crippen LogP contribution in [0.5, 0.6) is 0 Å². The summed E-state index contributed by atoms with van der Waals surface area (Å²) in [7, 11) is 0. The average Bonchev–Trinajstić information content (AvgIpc) is 1.99. The summed E-state index contributed by atoms with van der Waals surface area (Å²) in [6.45, 7) is 7.87. The van der Waals surface area contributed by atoms with Gasteiger partial charge in [-0.05, 0) is 27.7 Å². The van der Waals surface area contributed by atoms with Gasteiger partial charge < -0.3 is 5.32 Å². The van der Waals surface area contributed by atoms with Crippen molar-refractivity contribution in [3.05, 3.63) is 0 Å². The molecule has 0 aromatic heterocycles. The molecule has 0 aromatic rings. The molecule has 1 unspecified atom stereocenters. The molecule has 1 aliphatic heterocycles. The Morgan fingerprint density at radius 2 is 1.87 bits per heavy atom. The molecule has 5 heteroatoms. The fourth-order valence-electron chi connectivity index (χ4n) is 1.96. The number of hydrogen-bond donors (Lipinski definition) is 1. The fraction of sp³-hybridized carbons (Fsp3) is 1.00. The van der Waals surface area contributed by atoms with Crippen molar-refractivity contribution in [2.24, 2.45) is 0 Å². The van der Waals surface area contributed by atoms with Gasteiger partial charge in [0.1, 0.15) is 6.04 Å². The maximum Gasteiger partial charge on any atom is 0.405 e. The third-order valence-electron chi connectivity index (χ3n) is 2.79. The maximum absolute atomic E-state index is 12.7. The zero-order chi connectivity index (χ0) is 11.9. The lowest BCUT2D eigenvalue weighted by atomic mass is 9.97. The van der Waals surface area contributed by atoms with Crippen LogP contribution in [0.1, 0.15) is 27.7 Å². The van der Waals surface area contributed by atoms with Crippen molar-refractivity contribution in [1.29, 1.82) is 0 Å². The molecule has 0 aliphatic carbocycles. The molecule has 1 heterocycles. The molecule has 0 aromatic carbocycles. The second-order valence-corrected chi connectivity index (χ2v) is 5.09. The highest BCUT2D eigenvalue weighted by Gasteiger charge is 2.48. The van der Waals surface area contributed by atoms with E-state index in [1.165, 1.54) is 4.90 Å². The highest BCUT2D eigenvalue weighted by atomic mass is 19.4. The summed E-state index contributed by atoms with van der Waals surface area (Å²) >= 11 is 0. The molecule has 1 fully saturated rings. The molecule has 0 spiro atoms. The Bertz CT molecular complexity index is 223. The van der Waals surface area contributed by atoms with E-state index in [0.29, 0.717) is 6.54 Å². The first-order valence-electron chi connectivity index (χ1n) is 5.21. The number of halogens is 3. The zero-order valence-electron chi connectivity index (χ0n) is 9.65. The van der Waals surface area contributed by atoms with E-state index in [4.69, 9.17) is 0 Å². The Balaban J connectivity index is 2.82. The first kappa shape index (κ1) is 12.8. The summed E-state index contributed by atoms with van der Waals surface area (Å²) in [6, 6.07) is -1.44. The number of rotatable bonds is 1. The summed E-state index contributed by atoms with van der Waals surface area (Å²) in [6.07, 6.45) is -4.15. The van der Waals surface area contributed by atoms with E-state index in [2.05, 4.69) is 5.32 Å². The fourth-order valence-corrected chi connectivity index (χ4v) is 1.96. The van der Waals surface area contributed by atoms with Gasteiger partial charge in [-0.1, -0.05) is 0 Å². The Morgan fingerprint density at radius 3 is 2.27 bits per heavy atom. The normalized spacial score (nSPS) is 28.4. The molecule has 15 heavy (non-hydrogen) atoms. The van der Waals surface area contributed by atoms with Gasteiger partial charge in [-0.15, -0.1) is 0 Å². The quantitative estimate of drug-likeness (QED) is 0.733. The van der Waals surface area contributed by atoms with Crippen LogP contribution >= 0.6 is 0 Å². The van der Waals surface area contributed by atoms with Crippen molar-refractivity contribution in [2.45, 2.75) is 51.5 Å². The third-order valence-corrected chi connectivity index (χ3v) is 2.79. The predicted octanol–water partition coefficient (Wildman–Crippen LogP) is 2.01. The van der Waals surface area contributed by atoms with E-state index >= 15 is 0 Å². The second kappa shape index (κ2) is 3.94. The van der Waals surface area contributed by atoms with Gasteiger partial charge >= 0.3 is 6.18 Å². The highest BCUT2D eigenvalue weighted by molar-refractivity contribution is 4.96. The third kappa shape index (κ3) is 3.08. The van der Waals surface area contributed by atoms with Crippen LogP contribution in [-0.2, 0) is 0 Å². The molecule has 1 rings (SSSR count). The first-order chi connectivity index (χ1) is 6.63. The zero-order valence-corrected chi connectivity index (χ0v) is 9.65. The monoisotopic (exact) mass is 224 g/mol. The highest BCUT2D eigenvalue weighted by Crippen LogP contribution is 2.30. The van der Waals surface area contributed by atoms with Gasteiger partial charge in [-0.25, -0.2) is 0 Å². The van der Waals surface area contributed by atoms with Crippen LogP contribution in [0.15, 0.2) is 0 Å². The van der Waals surface area contributed by atoms with E-state index in [-0.39, 0.29) is 18.1 Å². The van der Waals surface area contributed by atoms with Gasteiger partial charge in [0.25, 0.3) is 0 Å². The smallest absolute Gasteiger partial charge is 0.309 e. The summed E-state index contributed by atoms with van der Waals surface area (Å²) in [5.41, 5.74) is -0.244. The van der Waals surface area contributed by atoms with Crippen LogP contribution in [0.4, 0.5) is 13.2 Å². The molecule has 0 bridgehead atoms. The van der Waals surface area contributed by atoms with E-state index < -0.39 is 12.2 Å². The van der Waals surface area contributed by atoms with E-state index in [1.54, 1.807) is 13.8 Å². The largest absolute Gasteiger partial charge is 0.405 e. The van der Waals surface area contributed by atoms with Crippen molar-refractivity contribution in [3.63, 3.8) is 0 Å². The number of hydrogen-bond acceptors (Lipinski definition) is 2. The lowest BCUT2D eigenvalue weighted by molar-refractivity contribution is -0.197. The summed E-state index contributed by atoms with van der Waals surface area (Å²) in [5.74, 6) is 0. The Labute approximate surface area is 88.8 Å². The van der Waals surface area contributed by atoms with E-state index in [1.807, 2.05) is 13.8 Å². The van der Waals surface area contributed by atoms with Crippen LogP contribution in [-0.4, -0.2) is 41.8 Å². The second-order valence-electron chi connectivity index (χ2n) is 5.09. The number of nitrogens with one attached hydrogen (secondary N) is 1. The molecule has 1 aliphatic rings. The van der Waals surface area contributed by atoms with E-state index in [0.717, 1.165) is 0 Å². The first-order valence-corrected chi connectivity index (χ1v) is 5.21. The van der Waals surface area contributed by atoms with Gasteiger partial charge in [0.05, 0.1) is 0 Å².